The van der Waals surface area contributed by atoms with Crippen LogP contribution in [0, 0.1) is 10.1 Å². The Balaban J connectivity index is 1.95. The average molecular weight is 426 g/mol. The Morgan fingerprint density at radius 2 is 1.84 bits per heavy atom. The van der Waals surface area contributed by atoms with Gasteiger partial charge >= 0.3 is 11.9 Å². The van der Waals surface area contributed by atoms with Crippen LogP contribution >= 0.6 is 0 Å². The molecule has 0 fully saturated rings. The maximum Gasteiger partial charge on any atom is 0.354 e. The smallest absolute Gasteiger partial charge is 0.354 e. The van der Waals surface area contributed by atoms with Crippen LogP contribution < -0.4 is 0 Å². The lowest BCUT2D eigenvalue weighted by molar-refractivity contribution is -0.385. The summed E-state index contributed by atoms with van der Waals surface area (Å²) in [6.45, 7) is 4.07. The Hall–Kier alpha value is -3.95. The molecule has 3 aromatic rings. The summed E-state index contributed by atoms with van der Waals surface area (Å²) in [7, 11) is 0. The summed E-state index contributed by atoms with van der Waals surface area (Å²) in [6.07, 6.45) is 4.83. The fourth-order valence-corrected chi connectivity index (χ4v) is 3.12. The second-order valence-corrected chi connectivity index (χ2v) is 6.61. The molecule has 2 aromatic heterocycles. The lowest BCUT2D eigenvalue weighted by atomic mass is 10.1. The van der Waals surface area contributed by atoms with Crippen molar-refractivity contribution in [1.29, 1.82) is 0 Å². The predicted octanol–water partition coefficient (Wildman–Crippen LogP) is 3.04. The molecule has 162 valence electrons. The van der Waals surface area contributed by atoms with Gasteiger partial charge in [-0.3, -0.25) is 14.8 Å². The number of ether oxygens (including phenoxy) is 2. The third kappa shape index (κ3) is 5.16. The van der Waals surface area contributed by atoms with Crippen LogP contribution in [-0.2, 0) is 22.6 Å². The fourth-order valence-electron chi connectivity index (χ4n) is 3.12. The van der Waals surface area contributed by atoms with Crippen molar-refractivity contribution >= 4 is 17.6 Å². The molecular weight excluding hydrogens is 404 g/mol. The summed E-state index contributed by atoms with van der Waals surface area (Å²) in [6, 6.07) is 8.03. The number of carbonyl (C=O) groups excluding carboxylic acids is 2. The largest absolute Gasteiger partial charge is 0.462 e. The van der Waals surface area contributed by atoms with Gasteiger partial charge in [0.15, 0.2) is 0 Å². The summed E-state index contributed by atoms with van der Waals surface area (Å²) >= 11 is 0. The number of rotatable bonds is 9. The van der Waals surface area contributed by atoms with Crippen molar-refractivity contribution in [2.24, 2.45) is 0 Å². The molecule has 31 heavy (non-hydrogen) atoms. The van der Waals surface area contributed by atoms with Crippen molar-refractivity contribution < 1.29 is 24.0 Å². The van der Waals surface area contributed by atoms with Crippen LogP contribution in [0.15, 0.2) is 48.9 Å². The molecule has 0 atom stereocenters. The second kappa shape index (κ2) is 9.70. The molecule has 0 bridgehead atoms. The van der Waals surface area contributed by atoms with E-state index in [1.807, 2.05) is 0 Å². The minimum atomic E-state index is -0.629. The van der Waals surface area contributed by atoms with Gasteiger partial charge in [-0.1, -0.05) is 12.1 Å². The Bertz CT molecular complexity index is 1090. The van der Waals surface area contributed by atoms with Gasteiger partial charge in [-0.25, -0.2) is 9.59 Å². The number of benzene rings is 1. The van der Waals surface area contributed by atoms with Crippen LogP contribution in [0.25, 0.3) is 0 Å². The zero-order chi connectivity index (χ0) is 22.4. The molecule has 0 saturated carbocycles. The number of esters is 2. The SMILES string of the molecule is CCOC(=O)c1cc(C(=O)OCC)n(Cc2ccc(Cn3cccn3)cc2[N+](=O)[O-])c1. The van der Waals surface area contributed by atoms with Gasteiger partial charge in [-0.05, 0) is 31.5 Å². The minimum Gasteiger partial charge on any atom is -0.462 e. The number of aromatic nitrogens is 3. The van der Waals surface area contributed by atoms with E-state index in [2.05, 4.69) is 5.10 Å². The quantitative estimate of drug-likeness (QED) is 0.293. The molecule has 0 spiro atoms. The number of hydrogen-bond donors (Lipinski definition) is 0. The lowest BCUT2D eigenvalue weighted by Crippen LogP contribution is -2.13. The number of carbonyl (C=O) groups is 2. The van der Waals surface area contributed by atoms with Crippen molar-refractivity contribution in [2.75, 3.05) is 13.2 Å². The maximum atomic E-state index is 12.4. The van der Waals surface area contributed by atoms with Crippen molar-refractivity contribution in [3.63, 3.8) is 0 Å². The first kappa shape index (κ1) is 21.8. The maximum absolute atomic E-state index is 12.4. The molecule has 10 nitrogen and oxygen atoms in total. The van der Waals surface area contributed by atoms with Gasteiger partial charge in [0.1, 0.15) is 5.69 Å². The van der Waals surface area contributed by atoms with E-state index in [1.165, 1.54) is 22.9 Å². The number of nitro benzene ring substituents is 1. The first-order valence-corrected chi connectivity index (χ1v) is 9.71. The van der Waals surface area contributed by atoms with Gasteiger partial charge < -0.3 is 14.0 Å². The third-order valence-electron chi connectivity index (χ3n) is 4.48. The third-order valence-corrected chi connectivity index (χ3v) is 4.48. The van der Waals surface area contributed by atoms with E-state index in [4.69, 9.17) is 9.47 Å². The number of nitrogens with zero attached hydrogens (tertiary/aromatic N) is 4. The van der Waals surface area contributed by atoms with Crippen LogP contribution in [-0.4, -0.2) is 44.4 Å². The van der Waals surface area contributed by atoms with Crippen molar-refractivity contribution in [1.82, 2.24) is 14.3 Å². The molecule has 0 unspecified atom stereocenters. The number of hydrogen-bond acceptors (Lipinski definition) is 7. The van der Waals surface area contributed by atoms with Crippen LogP contribution in [0.5, 0.6) is 0 Å². The highest BCUT2D eigenvalue weighted by atomic mass is 16.6. The number of nitro groups is 1. The van der Waals surface area contributed by atoms with Gasteiger partial charge in [0.05, 0.1) is 36.8 Å². The molecule has 0 amide bonds. The van der Waals surface area contributed by atoms with Crippen LogP contribution in [0.3, 0.4) is 0 Å². The van der Waals surface area contributed by atoms with Gasteiger partial charge in [-0.2, -0.15) is 5.10 Å². The highest BCUT2D eigenvalue weighted by molar-refractivity contribution is 5.95. The molecule has 0 N–H and O–H groups in total. The molecule has 0 aliphatic heterocycles. The monoisotopic (exact) mass is 426 g/mol. The zero-order valence-electron chi connectivity index (χ0n) is 17.2. The van der Waals surface area contributed by atoms with Crippen LogP contribution in [0.4, 0.5) is 5.69 Å². The summed E-state index contributed by atoms with van der Waals surface area (Å²) in [5.74, 6) is -1.22. The molecule has 0 aliphatic rings. The van der Waals surface area contributed by atoms with Crippen molar-refractivity contribution in [3.05, 3.63) is 81.4 Å². The highest BCUT2D eigenvalue weighted by Gasteiger charge is 2.22. The summed E-state index contributed by atoms with van der Waals surface area (Å²) < 4.78 is 13.2. The van der Waals surface area contributed by atoms with Gasteiger partial charge in [0, 0.05) is 30.2 Å². The Morgan fingerprint density at radius 3 is 2.48 bits per heavy atom. The molecule has 3 rings (SSSR count). The van der Waals surface area contributed by atoms with Gasteiger partial charge in [0.25, 0.3) is 5.69 Å². The summed E-state index contributed by atoms with van der Waals surface area (Å²) in [4.78, 5) is 35.7. The Labute approximate surface area is 178 Å². The van der Waals surface area contributed by atoms with E-state index >= 15 is 0 Å². The molecule has 0 saturated heterocycles. The first-order valence-electron chi connectivity index (χ1n) is 9.71. The highest BCUT2D eigenvalue weighted by Crippen LogP contribution is 2.24. The molecule has 10 heteroatoms. The molecule has 0 radical (unpaired) electrons. The van der Waals surface area contributed by atoms with E-state index in [-0.39, 0.29) is 36.7 Å². The average Bonchev–Trinajstić information content (AvgIpc) is 3.39. The lowest BCUT2D eigenvalue weighted by Gasteiger charge is -2.10. The summed E-state index contributed by atoms with van der Waals surface area (Å²) in [5, 5.41) is 15.8. The van der Waals surface area contributed by atoms with E-state index in [0.717, 1.165) is 0 Å². The van der Waals surface area contributed by atoms with Gasteiger partial charge in [0.2, 0.25) is 0 Å². The van der Waals surface area contributed by atoms with E-state index < -0.39 is 16.9 Å². The second-order valence-electron chi connectivity index (χ2n) is 6.61. The minimum absolute atomic E-state index is 0.00587. The normalized spacial score (nSPS) is 10.6. The van der Waals surface area contributed by atoms with Crippen molar-refractivity contribution in [3.8, 4) is 0 Å². The molecular formula is C21H22N4O6. The van der Waals surface area contributed by atoms with Crippen LogP contribution in [0.2, 0.25) is 0 Å². The summed E-state index contributed by atoms with van der Waals surface area (Å²) in [5.41, 5.74) is 1.28. The fraction of sp³-hybridized carbons (Fsp3) is 0.286. The first-order chi connectivity index (χ1) is 14.9. The van der Waals surface area contributed by atoms with E-state index in [0.29, 0.717) is 17.7 Å². The van der Waals surface area contributed by atoms with E-state index in [1.54, 1.807) is 49.1 Å². The Morgan fingerprint density at radius 1 is 1.10 bits per heavy atom. The van der Waals surface area contributed by atoms with Crippen molar-refractivity contribution in [2.45, 2.75) is 26.9 Å². The topological polar surface area (TPSA) is 118 Å². The standard InChI is InChI=1S/C21H22N4O6/c1-3-30-20(26)17-11-19(21(27)31-4-2)23(14-17)13-16-7-6-15(10-18(16)25(28)29)12-24-9-5-8-22-24/h5-11,14H,3-4,12-13H2,1-2H3. The predicted molar refractivity (Wildman–Crippen MR) is 110 cm³/mol. The van der Waals surface area contributed by atoms with Crippen LogP contribution in [0.1, 0.15) is 45.8 Å². The van der Waals surface area contributed by atoms with Gasteiger partial charge in [-0.15, -0.1) is 0 Å². The molecule has 1 aromatic carbocycles. The molecule has 2 heterocycles. The molecule has 0 aliphatic carbocycles. The Kier molecular flexibility index (Phi) is 6.81. The zero-order valence-corrected chi connectivity index (χ0v) is 17.2. The van der Waals surface area contributed by atoms with E-state index in [9.17, 15) is 19.7 Å².